The van der Waals surface area contributed by atoms with Gasteiger partial charge in [0.2, 0.25) is 0 Å². The van der Waals surface area contributed by atoms with E-state index in [0.717, 1.165) is 5.56 Å². The van der Waals surface area contributed by atoms with Gasteiger partial charge >= 0.3 is 5.97 Å². The Hall–Kier alpha value is -2.35. The van der Waals surface area contributed by atoms with Gasteiger partial charge in [-0.15, -0.1) is 0 Å². The van der Waals surface area contributed by atoms with Gasteiger partial charge in [-0.05, 0) is 12.5 Å². The molecule has 0 N–H and O–H groups in total. The zero-order valence-electron chi connectivity index (χ0n) is 9.42. The minimum atomic E-state index is -0.775. The summed E-state index contributed by atoms with van der Waals surface area (Å²) < 4.78 is 4.63. The topological polar surface area (TPSA) is 71.7 Å². The molecule has 0 aliphatic rings. The van der Waals surface area contributed by atoms with Gasteiger partial charge < -0.3 is 9.57 Å². The lowest BCUT2D eigenvalue weighted by molar-refractivity contribution is -0.135. The number of rotatable bonds is 5. The van der Waals surface area contributed by atoms with Crippen LogP contribution in [-0.2, 0) is 21.0 Å². The molecule has 1 aromatic carbocycles. The summed E-state index contributed by atoms with van der Waals surface area (Å²) in [4.78, 5) is 16.1. The van der Waals surface area contributed by atoms with E-state index < -0.39 is 5.97 Å². The Balaban J connectivity index is 2.52. The molecule has 0 aromatic heterocycles. The summed E-state index contributed by atoms with van der Waals surface area (Å²) in [6.07, 6.45) is 0. The molecule has 0 saturated carbocycles. The quantitative estimate of drug-likeness (QED) is 0.439. The summed E-state index contributed by atoms with van der Waals surface area (Å²) in [7, 11) is 0. The summed E-state index contributed by atoms with van der Waals surface area (Å²) in [5.74, 6) is -0.775. The molecule has 0 spiro atoms. The number of carbonyl (C=O) groups is 1. The molecule has 0 saturated heterocycles. The van der Waals surface area contributed by atoms with Gasteiger partial charge in [0.05, 0.1) is 6.61 Å². The van der Waals surface area contributed by atoms with Gasteiger partial charge in [0.25, 0.3) is 5.71 Å². The van der Waals surface area contributed by atoms with E-state index in [9.17, 15) is 4.79 Å². The molecule has 0 fully saturated rings. The Morgan fingerprint density at radius 1 is 1.41 bits per heavy atom. The fourth-order valence-corrected chi connectivity index (χ4v) is 1.05. The fourth-order valence-electron chi connectivity index (χ4n) is 1.05. The molecule has 0 unspecified atom stereocenters. The molecule has 0 radical (unpaired) electrons. The molecule has 1 rings (SSSR count). The van der Waals surface area contributed by atoms with E-state index in [1.165, 1.54) is 0 Å². The number of carbonyl (C=O) groups excluding carboxylic acids is 1. The molecule has 0 atom stereocenters. The van der Waals surface area contributed by atoms with Crippen molar-refractivity contribution in [1.82, 2.24) is 0 Å². The highest BCUT2D eigenvalue weighted by molar-refractivity contribution is 6.42. The standard InChI is InChI=1S/C12H12N2O3/c1-2-16-12(15)11(8-13)14-17-9-10-6-4-3-5-7-10/h3-7H,2,9H2,1H3/b14-11+. The van der Waals surface area contributed by atoms with Crippen LogP contribution < -0.4 is 0 Å². The van der Waals surface area contributed by atoms with Gasteiger partial charge in [0, 0.05) is 0 Å². The number of oxime groups is 1. The molecule has 5 heteroatoms. The summed E-state index contributed by atoms with van der Waals surface area (Å²) in [5, 5.41) is 12.1. The van der Waals surface area contributed by atoms with Crippen molar-refractivity contribution in [3.63, 3.8) is 0 Å². The van der Waals surface area contributed by atoms with Crippen LogP contribution in [0.1, 0.15) is 12.5 Å². The molecule has 1 aromatic rings. The number of nitrogens with zero attached hydrogens (tertiary/aromatic N) is 2. The first-order chi connectivity index (χ1) is 8.27. The first kappa shape index (κ1) is 12.7. The van der Waals surface area contributed by atoms with Crippen molar-refractivity contribution in [2.24, 2.45) is 5.16 Å². The van der Waals surface area contributed by atoms with Gasteiger partial charge in [-0.3, -0.25) is 0 Å². The van der Waals surface area contributed by atoms with Crippen LogP contribution in [0.25, 0.3) is 0 Å². The maximum Gasteiger partial charge on any atom is 0.371 e. The average Bonchev–Trinajstić information content (AvgIpc) is 2.36. The monoisotopic (exact) mass is 232 g/mol. The summed E-state index contributed by atoms with van der Waals surface area (Å²) in [6.45, 7) is 2.04. The van der Waals surface area contributed by atoms with E-state index in [4.69, 9.17) is 10.1 Å². The number of benzene rings is 1. The van der Waals surface area contributed by atoms with Crippen molar-refractivity contribution < 1.29 is 14.4 Å². The fraction of sp³-hybridized carbons (Fsp3) is 0.250. The highest BCUT2D eigenvalue weighted by Crippen LogP contribution is 2.00. The lowest BCUT2D eigenvalue weighted by Crippen LogP contribution is -2.16. The first-order valence-corrected chi connectivity index (χ1v) is 5.09. The first-order valence-electron chi connectivity index (χ1n) is 5.09. The maximum atomic E-state index is 11.2. The molecule has 88 valence electrons. The van der Waals surface area contributed by atoms with Crippen molar-refractivity contribution in [3.8, 4) is 6.07 Å². The van der Waals surface area contributed by atoms with Crippen molar-refractivity contribution in [2.75, 3.05) is 6.61 Å². The van der Waals surface area contributed by atoms with Crippen LogP contribution in [-0.4, -0.2) is 18.3 Å². The second-order valence-electron chi connectivity index (χ2n) is 3.03. The molecule has 0 aliphatic heterocycles. The van der Waals surface area contributed by atoms with Crippen LogP contribution in [0.4, 0.5) is 0 Å². The van der Waals surface area contributed by atoms with E-state index >= 15 is 0 Å². The highest BCUT2D eigenvalue weighted by Gasteiger charge is 2.12. The van der Waals surface area contributed by atoms with Crippen LogP contribution in [0.2, 0.25) is 0 Å². The van der Waals surface area contributed by atoms with Crippen molar-refractivity contribution in [3.05, 3.63) is 35.9 Å². The number of nitriles is 1. The number of hydrogen-bond acceptors (Lipinski definition) is 5. The Morgan fingerprint density at radius 2 is 2.12 bits per heavy atom. The third kappa shape index (κ3) is 4.34. The van der Waals surface area contributed by atoms with Crippen molar-refractivity contribution in [1.29, 1.82) is 5.26 Å². The minimum absolute atomic E-state index is 0.193. The number of esters is 1. The molecule has 17 heavy (non-hydrogen) atoms. The molecule has 0 bridgehead atoms. The van der Waals surface area contributed by atoms with E-state index in [1.54, 1.807) is 13.0 Å². The zero-order chi connectivity index (χ0) is 12.5. The summed E-state index contributed by atoms with van der Waals surface area (Å²) >= 11 is 0. The largest absolute Gasteiger partial charge is 0.461 e. The predicted octanol–water partition coefficient (Wildman–Crippen LogP) is 1.65. The Labute approximate surface area is 99.3 Å². The van der Waals surface area contributed by atoms with Crippen LogP contribution in [0.15, 0.2) is 35.5 Å². The van der Waals surface area contributed by atoms with Crippen molar-refractivity contribution in [2.45, 2.75) is 13.5 Å². The van der Waals surface area contributed by atoms with Crippen LogP contribution in [0, 0.1) is 11.3 Å². The lowest BCUT2D eigenvalue weighted by Gasteiger charge is -2.00. The predicted molar refractivity (Wildman–Crippen MR) is 60.9 cm³/mol. The molecular formula is C12H12N2O3. The van der Waals surface area contributed by atoms with E-state index in [-0.39, 0.29) is 18.9 Å². The zero-order valence-corrected chi connectivity index (χ0v) is 9.42. The van der Waals surface area contributed by atoms with E-state index in [1.807, 2.05) is 30.3 Å². The Kier molecular flexibility index (Phi) is 5.25. The van der Waals surface area contributed by atoms with E-state index in [2.05, 4.69) is 9.89 Å². The molecule has 0 amide bonds. The van der Waals surface area contributed by atoms with Gasteiger partial charge in [0.1, 0.15) is 12.7 Å². The summed E-state index contributed by atoms with van der Waals surface area (Å²) in [6, 6.07) is 10.9. The minimum Gasteiger partial charge on any atom is -0.461 e. The smallest absolute Gasteiger partial charge is 0.371 e. The third-order valence-electron chi connectivity index (χ3n) is 1.80. The third-order valence-corrected chi connectivity index (χ3v) is 1.80. The number of ether oxygens (including phenoxy) is 1. The van der Waals surface area contributed by atoms with Crippen LogP contribution in [0.3, 0.4) is 0 Å². The van der Waals surface area contributed by atoms with Crippen LogP contribution in [0.5, 0.6) is 0 Å². The van der Waals surface area contributed by atoms with Gasteiger partial charge in [-0.2, -0.15) is 5.26 Å². The van der Waals surface area contributed by atoms with Crippen molar-refractivity contribution >= 4 is 11.7 Å². The second kappa shape index (κ2) is 7.01. The maximum absolute atomic E-state index is 11.2. The van der Waals surface area contributed by atoms with Gasteiger partial charge in [-0.1, -0.05) is 35.5 Å². The van der Waals surface area contributed by atoms with Gasteiger partial charge in [-0.25, -0.2) is 4.79 Å². The normalized spacial score (nSPS) is 10.5. The molecule has 0 heterocycles. The van der Waals surface area contributed by atoms with Gasteiger partial charge in [0.15, 0.2) is 0 Å². The molecule has 5 nitrogen and oxygen atoms in total. The number of hydrogen-bond donors (Lipinski definition) is 0. The Morgan fingerprint density at radius 3 is 2.71 bits per heavy atom. The SMILES string of the molecule is CCOC(=O)/C(C#N)=N/OCc1ccccc1. The molecule has 0 aliphatic carbocycles. The van der Waals surface area contributed by atoms with Crippen LogP contribution >= 0.6 is 0 Å². The van der Waals surface area contributed by atoms with E-state index in [0.29, 0.717) is 0 Å². The lowest BCUT2D eigenvalue weighted by atomic mass is 10.2. The molecular weight excluding hydrogens is 220 g/mol. The average molecular weight is 232 g/mol. The summed E-state index contributed by atoms with van der Waals surface area (Å²) in [5.41, 5.74) is 0.514. The Bertz CT molecular complexity index is 435. The highest BCUT2D eigenvalue weighted by atomic mass is 16.6. The second-order valence-corrected chi connectivity index (χ2v) is 3.03.